The van der Waals surface area contributed by atoms with Crippen LogP contribution < -0.4 is 4.74 Å². The number of halogens is 1. The number of rotatable bonds is 4. The van der Waals surface area contributed by atoms with Gasteiger partial charge in [-0.1, -0.05) is 25.1 Å². The van der Waals surface area contributed by atoms with Crippen LogP contribution in [0.4, 0.5) is 0 Å². The van der Waals surface area contributed by atoms with E-state index in [4.69, 9.17) is 21.6 Å². The number of aryl methyl sites for hydroxylation is 1. The van der Waals surface area contributed by atoms with Crippen LogP contribution in [0.2, 0.25) is 5.28 Å². The fourth-order valence-corrected chi connectivity index (χ4v) is 1.77. The lowest BCUT2D eigenvalue weighted by Crippen LogP contribution is -2.03. The number of hydrogen-bond acceptors (Lipinski definition) is 4. The Labute approximate surface area is 116 Å². The molecule has 19 heavy (non-hydrogen) atoms. The minimum atomic E-state index is 0.153. The fraction of sp³-hybridized carbons (Fsp3) is 0.214. The second-order valence-corrected chi connectivity index (χ2v) is 4.22. The Morgan fingerprint density at radius 3 is 2.84 bits per heavy atom. The topological polar surface area (TPSA) is 58.8 Å². The first kappa shape index (κ1) is 13.3. The molecule has 0 radical (unpaired) electrons. The van der Waals surface area contributed by atoms with Crippen LogP contribution in [0.15, 0.2) is 30.5 Å². The second kappa shape index (κ2) is 6.17. The Balaban J connectivity index is 2.19. The molecule has 1 heterocycles. The summed E-state index contributed by atoms with van der Waals surface area (Å²) in [6.07, 6.45) is 2.41. The van der Waals surface area contributed by atoms with Crippen molar-refractivity contribution in [3.05, 3.63) is 52.4 Å². The van der Waals surface area contributed by atoms with Gasteiger partial charge in [-0.05, 0) is 24.1 Å². The van der Waals surface area contributed by atoms with E-state index >= 15 is 0 Å². The Kier molecular flexibility index (Phi) is 4.32. The zero-order valence-corrected chi connectivity index (χ0v) is 11.2. The summed E-state index contributed by atoms with van der Waals surface area (Å²) in [6.45, 7) is 2.27. The summed E-state index contributed by atoms with van der Waals surface area (Å²) in [4.78, 5) is 7.99. The molecule has 0 fully saturated rings. The van der Waals surface area contributed by atoms with E-state index in [0.717, 1.165) is 17.5 Å². The maximum absolute atomic E-state index is 9.01. The first-order valence-electron chi connectivity index (χ1n) is 5.86. The number of hydrogen-bond donors (Lipinski definition) is 0. The molecule has 1 aromatic carbocycles. The van der Waals surface area contributed by atoms with Gasteiger partial charge in [-0.25, -0.2) is 4.98 Å². The molecule has 5 heteroatoms. The second-order valence-electron chi connectivity index (χ2n) is 3.88. The van der Waals surface area contributed by atoms with E-state index in [1.807, 2.05) is 25.1 Å². The standard InChI is InChI=1S/C14H12ClN3O/c1-2-10-8-17-14(15)18-13(10)19-9-12-6-4-3-5-11(12)7-16/h3-6,8H,2,9H2,1H3. The average Bonchev–Trinajstić information content (AvgIpc) is 2.45. The van der Waals surface area contributed by atoms with E-state index in [1.165, 1.54) is 0 Å². The van der Waals surface area contributed by atoms with Gasteiger partial charge in [0.2, 0.25) is 11.2 Å². The van der Waals surface area contributed by atoms with Crippen molar-refractivity contribution in [1.29, 1.82) is 5.26 Å². The fourth-order valence-electron chi connectivity index (χ4n) is 1.64. The zero-order chi connectivity index (χ0) is 13.7. The molecule has 2 rings (SSSR count). The van der Waals surface area contributed by atoms with E-state index in [9.17, 15) is 0 Å². The van der Waals surface area contributed by atoms with Crippen LogP contribution in [-0.2, 0) is 13.0 Å². The lowest BCUT2D eigenvalue weighted by Gasteiger charge is -2.09. The van der Waals surface area contributed by atoms with Gasteiger partial charge < -0.3 is 4.74 Å². The van der Waals surface area contributed by atoms with Crippen LogP contribution in [0, 0.1) is 11.3 Å². The van der Waals surface area contributed by atoms with E-state index < -0.39 is 0 Å². The molecule has 0 amide bonds. The van der Waals surface area contributed by atoms with Gasteiger partial charge in [0.25, 0.3) is 0 Å². The highest BCUT2D eigenvalue weighted by atomic mass is 35.5. The van der Waals surface area contributed by atoms with Crippen molar-refractivity contribution in [3.63, 3.8) is 0 Å². The maximum Gasteiger partial charge on any atom is 0.225 e. The van der Waals surface area contributed by atoms with Crippen LogP contribution in [0.3, 0.4) is 0 Å². The summed E-state index contributed by atoms with van der Waals surface area (Å²) in [6, 6.07) is 9.43. The third kappa shape index (κ3) is 3.21. The Hall–Kier alpha value is -2.12. The highest BCUT2D eigenvalue weighted by molar-refractivity contribution is 6.28. The average molecular weight is 274 g/mol. The van der Waals surface area contributed by atoms with E-state index in [1.54, 1.807) is 12.3 Å². The Morgan fingerprint density at radius 1 is 1.32 bits per heavy atom. The molecule has 0 saturated heterocycles. The normalized spacial score (nSPS) is 9.95. The smallest absolute Gasteiger partial charge is 0.225 e. The minimum Gasteiger partial charge on any atom is -0.472 e. The largest absolute Gasteiger partial charge is 0.472 e. The lowest BCUT2D eigenvalue weighted by atomic mass is 10.1. The van der Waals surface area contributed by atoms with Crippen molar-refractivity contribution in [2.24, 2.45) is 0 Å². The summed E-state index contributed by atoms with van der Waals surface area (Å²) < 4.78 is 5.65. The molecule has 0 aliphatic carbocycles. The molecule has 0 aliphatic heterocycles. The van der Waals surface area contributed by atoms with Crippen LogP contribution in [-0.4, -0.2) is 9.97 Å². The number of aromatic nitrogens is 2. The third-order valence-corrected chi connectivity index (χ3v) is 2.86. The zero-order valence-electron chi connectivity index (χ0n) is 10.4. The van der Waals surface area contributed by atoms with Crippen molar-refractivity contribution in [1.82, 2.24) is 9.97 Å². The van der Waals surface area contributed by atoms with Gasteiger partial charge in [0.05, 0.1) is 11.6 Å². The molecule has 0 N–H and O–H groups in total. The molecule has 0 spiro atoms. The van der Waals surface area contributed by atoms with Gasteiger partial charge in [-0.3, -0.25) is 0 Å². The van der Waals surface area contributed by atoms with Crippen molar-refractivity contribution < 1.29 is 4.74 Å². The van der Waals surface area contributed by atoms with Gasteiger partial charge in [0.15, 0.2) is 0 Å². The van der Waals surface area contributed by atoms with Crippen molar-refractivity contribution in [3.8, 4) is 11.9 Å². The molecule has 96 valence electrons. The van der Waals surface area contributed by atoms with E-state index in [0.29, 0.717) is 11.4 Å². The third-order valence-electron chi connectivity index (χ3n) is 2.68. The molecular formula is C14H12ClN3O. The molecule has 0 atom stereocenters. The molecule has 0 bridgehead atoms. The molecule has 1 aromatic heterocycles. The number of benzene rings is 1. The number of nitriles is 1. The first-order chi connectivity index (χ1) is 9.24. The monoisotopic (exact) mass is 273 g/mol. The van der Waals surface area contributed by atoms with E-state index in [2.05, 4.69) is 16.0 Å². The van der Waals surface area contributed by atoms with Gasteiger partial charge in [0.1, 0.15) is 6.61 Å². The molecule has 0 unspecified atom stereocenters. The quantitative estimate of drug-likeness (QED) is 0.803. The molecule has 2 aromatic rings. The lowest BCUT2D eigenvalue weighted by molar-refractivity contribution is 0.289. The van der Waals surface area contributed by atoms with Crippen LogP contribution in [0.1, 0.15) is 23.6 Å². The van der Waals surface area contributed by atoms with Crippen molar-refractivity contribution >= 4 is 11.6 Å². The highest BCUT2D eigenvalue weighted by Crippen LogP contribution is 2.19. The van der Waals surface area contributed by atoms with Crippen LogP contribution in [0.25, 0.3) is 0 Å². The van der Waals surface area contributed by atoms with Gasteiger partial charge >= 0.3 is 0 Å². The summed E-state index contributed by atoms with van der Waals surface area (Å²) in [7, 11) is 0. The SMILES string of the molecule is CCc1cnc(Cl)nc1OCc1ccccc1C#N. The molecule has 0 aliphatic rings. The molecular weight excluding hydrogens is 262 g/mol. The summed E-state index contributed by atoms with van der Waals surface area (Å²) >= 11 is 5.76. The van der Waals surface area contributed by atoms with Crippen molar-refractivity contribution in [2.45, 2.75) is 20.0 Å². The minimum absolute atomic E-state index is 0.153. The summed E-state index contributed by atoms with van der Waals surface area (Å²) in [5.74, 6) is 0.468. The van der Waals surface area contributed by atoms with Gasteiger partial charge in [0, 0.05) is 17.3 Å². The first-order valence-corrected chi connectivity index (χ1v) is 6.24. The Morgan fingerprint density at radius 2 is 2.11 bits per heavy atom. The van der Waals surface area contributed by atoms with Gasteiger partial charge in [-0.2, -0.15) is 10.2 Å². The summed E-state index contributed by atoms with van der Waals surface area (Å²) in [5, 5.41) is 9.16. The predicted molar refractivity (Wildman–Crippen MR) is 71.9 cm³/mol. The van der Waals surface area contributed by atoms with E-state index in [-0.39, 0.29) is 11.9 Å². The predicted octanol–water partition coefficient (Wildman–Crippen LogP) is 3.14. The highest BCUT2D eigenvalue weighted by Gasteiger charge is 2.08. The maximum atomic E-state index is 9.01. The Bertz CT molecular complexity index is 622. The molecule has 4 nitrogen and oxygen atoms in total. The molecule has 0 saturated carbocycles. The van der Waals surface area contributed by atoms with Gasteiger partial charge in [-0.15, -0.1) is 0 Å². The van der Waals surface area contributed by atoms with Crippen LogP contribution in [0.5, 0.6) is 5.88 Å². The van der Waals surface area contributed by atoms with Crippen LogP contribution >= 0.6 is 11.6 Å². The summed E-state index contributed by atoms with van der Waals surface area (Å²) in [5.41, 5.74) is 2.31. The number of ether oxygens (including phenoxy) is 1. The van der Waals surface area contributed by atoms with Crippen molar-refractivity contribution in [2.75, 3.05) is 0 Å². The number of nitrogens with zero attached hydrogens (tertiary/aromatic N) is 3.